The minimum atomic E-state index is -1.69. The molecule has 0 aromatic carbocycles. The van der Waals surface area contributed by atoms with Crippen LogP contribution in [0, 0.1) is 0 Å². The third-order valence-electron chi connectivity index (χ3n) is 3.67. The Hall–Kier alpha value is -0.233. The highest BCUT2D eigenvalue weighted by atomic mass is 28.4. The summed E-state index contributed by atoms with van der Waals surface area (Å²) in [6, 6.07) is 0. The molecule has 0 amide bonds. The van der Waals surface area contributed by atoms with E-state index in [2.05, 4.69) is 26.6 Å². The van der Waals surface area contributed by atoms with E-state index in [-0.39, 0.29) is 30.2 Å². The third kappa shape index (κ3) is 5.64. The van der Waals surface area contributed by atoms with Crippen LogP contribution in [-0.2, 0) is 14.0 Å². The van der Waals surface area contributed by atoms with E-state index in [9.17, 15) is 4.79 Å². The Bertz CT molecular complexity index is 326. The molecule has 4 nitrogen and oxygen atoms in total. The molecule has 0 bridgehead atoms. The quantitative estimate of drug-likeness (QED) is 0.700. The Morgan fingerprint density at radius 3 is 2.55 bits per heavy atom. The first-order chi connectivity index (χ1) is 9.16. The lowest BCUT2D eigenvalue weighted by molar-refractivity contribution is -0.123. The van der Waals surface area contributed by atoms with Crippen LogP contribution in [0.4, 0.5) is 0 Å². The number of hydrogen-bond donors (Lipinski definition) is 1. The molecule has 5 heteroatoms. The van der Waals surface area contributed by atoms with Gasteiger partial charge in [0.1, 0.15) is 5.78 Å². The molecule has 118 valence electrons. The summed E-state index contributed by atoms with van der Waals surface area (Å²) < 4.78 is 12.5. The van der Waals surface area contributed by atoms with E-state index in [0.29, 0.717) is 6.42 Å². The van der Waals surface area contributed by atoms with Gasteiger partial charge in [0, 0.05) is 13.0 Å². The van der Waals surface area contributed by atoms with E-state index in [1.54, 1.807) is 6.92 Å². The van der Waals surface area contributed by atoms with Crippen molar-refractivity contribution in [3.05, 3.63) is 0 Å². The molecule has 0 aromatic heterocycles. The van der Waals surface area contributed by atoms with E-state index in [1.165, 1.54) is 0 Å². The zero-order valence-electron chi connectivity index (χ0n) is 13.6. The number of carbonyl (C=O) groups is 1. The molecular weight excluding hydrogens is 272 g/mol. The minimum Gasteiger partial charge on any atom is -0.410 e. The van der Waals surface area contributed by atoms with Gasteiger partial charge >= 0.3 is 0 Å². The standard InChI is InChI=1S/C15H30O4Si/c1-12(17)11-13-7-8-14(18-13)15(2,9-6-10-16)19-20(3,4)5/h13-14,16H,6-11H2,1-5H3/t13-,14+,15+/m0/s1. The van der Waals surface area contributed by atoms with Crippen molar-refractivity contribution in [3.8, 4) is 0 Å². The second-order valence-corrected chi connectivity index (χ2v) is 11.5. The summed E-state index contributed by atoms with van der Waals surface area (Å²) in [7, 11) is -1.69. The van der Waals surface area contributed by atoms with Gasteiger partial charge in [0.2, 0.25) is 0 Å². The molecule has 1 fully saturated rings. The highest BCUT2D eigenvalue weighted by molar-refractivity contribution is 6.69. The molecule has 0 unspecified atom stereocenters. The second kappa shape index (κ2) is 7.16. The van der Waals surface area contributed by atoms with Gasteiger partial charge in [-0.2, -0.15) is 0 Å². The number of hydrogen-bond acceptors (Lipinski definition) is 4. The maximum atomic E-state index is 11.2. The van der Waals surface area contributed by atoms with Crippen molar-refractivity contribution in [2.45, 2.75) is 83.4 Å². The molecule has 1 aliphatic heterocycles. The fourth-order valence-corrected chi connectivity index (χ4v) is 4.67. The first kappa shape index (κ1) is 17.8. The smallest absolute Gasteiger partial charge is 0.184 e. The number of aliphatic hydroxyl groups excluding tert-OH is 1. The average molecular weight is 302 g/mol. The second-order valence-electron chi connectivity index (χ2n) is 7.08. The summed E-state index contributed by atoms with van der Waals surface area (Å²) in [5.41, 5.74) is -0.348. The summed E-state index contributed by atoms with van der Waals surface area (Å²) in [5.74, 6) is 0.179. The molecule has 1 saturated heterocycles. The molecule has 1 rings (SSSR count). The average Bonchev–Trinajstić information content (AvgIpc) is 2.72. The number of ketones is 1. The highest BCUT2D eigenvalue weighted by Gasteiger charge is 2.43. The van der Waals surface area contributed by atoms with Crippen LogP contribution in [-0.4, -0.2) is 43.6 Å². The van der Waals surface area contributed by atoms with Crippen molar-refractivity contribution >= 4 is 14.1 Å². The molecule has 1 aliphatic rings. The van der Waals surface area contributed by atoms with E-state index >= 15 is 0 Å². The molecule has 0 saturated carbocycles. The number of aliphatic hydroxyl groups is 1. The van der Waals surface area contributed by atoms with E-state index in [1.807, 2.05) is 0 Å². The lowest BCUT2D eigenvalue weighted by Crippen LogP contribution is -2.49. The van der Waals surface area contributed by atoms with Crippen LogP contribution in [0.25, 0.3) is 0 Å². The molecule has 0 aliphatic carbocycles. The normalized spacial score (nSPS) is 26.5. The maximum Gasteiger partial charge on any atom is 0.184 e. The van der Waals surface area contributed by atoms with E-state index in [0.717, 1.165) is 25.7 Å². The topological polar surface area (TPSA) is 55.8 Å². The zero-order chi connectivity index (χ0) is 15.4. The van der Waals surface area contributed by atoms with E-state index in [4.69, 9.17) is 14.3 Å². The molecule has 0 aromatic rings. The van der Waals surface area contributed by atoms with Gasteiger partial charge in [-0.15, -0.1) is 0 Å². The molecule has 0 radical (unpaired) electrons. The zero-order valence-corrected chi connectivity index (χ0v) is 14.6. The van der Waals surface area contributed by atoms with Crippen LogP contribution in [0.1, 0.15) is 46.0 Å². The number of Topliss-reactive ketones (excluding diaryl/α,β-unsaturated/α-hetero) is 1. The predicted octanol–water partition coefficient (Wildman–Crippen LogP) is 2.90. The lowest BCUT2D eigenvalue weighted by Gasteiger charge is -2.40. The largest absolute Gasteiger partial charge is 0.410 e. The molecule has 1 heterocycles. The molecule has 20 heavy (non-hydrogen) atoms. The summed E-state index contributed by atoms with van der Waals surface area (Å²) in [5, 5.41) is 9.11. The Kier molecular flexibility index (Phi) is 6.38. The van der Waals surface area contributed by atoms with Gasteiger partial charge in [0.25, 0.3) is 0 Å². The van der Waals surface area contributed by atoms with Gasteiger partial charge < -0.3 is 14.3 Å². The predicted molar refractivity (Wildman–Crippen MR) is 82.3 cm³/mol. The maximum absolute atomic E-state index is 11.2. The Morgan fingerprint density at radius 2 is 2.05 bits per heavy atom. The minimum absolute atomic E-state index is 0.0325. The van der Waals surface area contributed by atoms with Gasteiger partial charge in [-0.05, 0) is 59.2 Å². The van der Waals surface area contributed by atoms with Crippen LogP contribution in [0.5, 0.6) is 0 Å². The van der Waals surface area contributed by atoms with Crippen LogP contribution in [0.2, 0.25) is 19.6 Å². The summed E-state index contributed by atoms with van der Waals surface area (Å²) in [6.45, 7) is 10.4. The van der Waals surface area contributed by atoms with Crippen LogP contribution in [0.15, 0.2) is 0 Å². The highest BCUT2D eigenvalue weighted by Crippen LogP contribution is 2.36. The Labute approximate surface area is 124 Å². The van der Waals surface area contributed by atoms with Gasteiger partial charge in [0.15, 0.2) is 8.32 Å². The van der Waals surface area contributed by atoms with Crippen molar-refractivity contribution in [3.63, 3.8) is 0 Å². The fraction of sp³-hybridized carbons (Fsp3) is 0.933. The van der Waals surface area contributed by atoms with Gasteiger partial charge in [-0.1, -0.05) is 0 Å². The summed E-state index contributed by atoms with van der Waals surface area (Å²) in [4.78, 5) is 11.2. The Balaban J connectivity index is 2.71. The van der Waals surface area contributed by atoms with Crippen molar-refractivity contribution in [1.29, 1.82) is 0 Å². The monoisotopic (exact) mass is 302 g/mol. The number of rotatable bonds is 8. The van der Waals surface area contributed by atoms with Crippen molar-refractivity contribution in [2.75, 3.05) is 6.61 Å². The molecule has 3 atom stereocenters. The fourth-order valence-electron chi connectivity index (χ4n) is 3.03. The SMILES string of the molecule is CC(=O)C[C@@H]1CC[C@H]([C@@](C)(CCCO)O[Si](C)(C)C)O1. The van der Waals surface area contributed by atoms with E-state index < -0.39 is 8.32 Å². The summed E-state index contributed by atoms with van der Waals surface area (Å²) in [6.07, 6.45) is 3.95. The third-order valence-corrected chi connectivity index (χ3v) is 4.75. The number of ether oxygens (including phenoxy) is 1. The van der Waals surface area contributed by atoms with Gasteiger partial charge in [-0.3, -0.25) is 4.79 Å². The Morgan fingerprint density at radius 1 is 1.40 bits per heavy atom. The van der Waals surface area contributed by atoms with Crippen LogP contribution in [0.3, 0.4) is 0 Å². The lowest BCUT2D eigenvalue weighted by atomic mass is 9.91. The van der Waals surface area contributed by atoms with Gasteiger partial charge in [-0.25, -0.2) is 0 Å². The summed E-state index contributed by atoms with van der Waals surface area (Å²) >= 11 is 0. The first-order valence-corrected chi connectivity index (χ1v) is 11.0. The number of carbonyl (C=O) groups excluding carboxylic acids is 1. The molecular formula is C15H30O4Si. The van der Waals surface area contributed by atoms with Gasteiger partial charge in [0.05, 0.1) is 17.8 Å². The first-order valence-electron chi connectivity index (χ1n) is 7.62. The van der Waals surface area contributed by atoms with Crippen molar-refractivity contribution in [1.82, 2.24) is 0 Å². The van der Waals surface area contributed by atoms with Crippen LogP contribution < -0.4 is 0 Å². The van der Waals surface area contributed by atoms with Crippen molar-refractivity contribution < 1.29 is 19.1 Å². The van der Waals surface area contributed by atoms with Crippen molar-refractivity contribution in [2.24, 2.45) is 0 Å². The van der Waals surface area contributed by atoms with Crippen LogP contribution >= 0.6 is 0 Å². The molecule has 0 spiro atoms. The molecule has 1 N–H and O–H groups in total.